The Labute approximate surface area is 118 Å². The quantitative estimate of drug-likeness (QED) is 0.662. The maximum atomic E-state index is 12.2. The molecule has 1 aromatic rings. The van der Waals surface area contributed by atoms with E-state index in [-0.39, 0.29) is 23.7 Å². The van der Waals surface area contributed by atoms with Gasteiger partial charge in [0.15, 0.2) is 0 Å². The molecule has 20 heavy (non-hydrogen) atoms. The summed E-state index contributed by atoms with van der Waals surface area (Å²) in [6.45, 7) is 6.35. The van der Waals surface area contributed by atoms with Gasteiger partial charge in [-0.2, -0.15) is 0 Å². The van der Waals surface area contributed by atoms with Crippen molar-refractivity contribution in [3.8, 4) is 0 Å². The summed E-state index contributed by atoms with van der Waals surface area (Å²) in [4.78, 5) is 14.5. The Balaban J connectivity index is 3.17. The SMILES string of the molecule is CCOC(=O)c1[nH]c(C)c(S(=O)(=O)NC[C@H](C)O)c1C. The van der Waals surface area contributed by atoms with Crippen molar-refractivity contribution < 1.29 is 23.1 Å². The van der Waals surface area contributed by atoms with E-state index in [0.29, 0.717) is 11.3 Å². The maximum absolute atomic E-state index is 12.2. The first-order chi connectivity index (χ1) is 9.20. The molecule has 0 aliphatic heterocycles. The predicted molar refractivity (Wildman–Crippen MR) is 73.1 cm³/mol. The van der Waals surface area contributed by atoms with Crippen LogP contribution >= 0.6 is 0 Å². The molecule has 0 aliphatic rings. The summed E-state index contributed by atoms with van der Waals surface area (Å²) in [7, 11) is -3.79. The van der Waals surface area contributed by atoms with Gasteiger partial charge in [0.1, 0.15) is 10.6 Å². The molecule has 8 heteroatoms. The number of aryl methyl sites for hydroxylation is 1. The fraction of sp³-hybridized carbons (Fsp3) is 0.583. The average Bonchev–Trinajstić information content (AvgIpc) is 2.63. The number of aromatic amines is 1. The van der Waals surface area contributed by atoms with Gasteiger partial charge in [0.25, 0.3) is 0 Å². The number of nitrogens with one attached hydrogen (secondary N) is 2. The lowest BCUT2D eigenvalue weighted by molar-refractivity contribution is 0.0519. The Bertz CT molecular complexity index is 589. The smallest absolute Gasteiger partial charge is 0.355 e. The van der Waals surface area contributed by atoms with Crippen LogP contribution in [0.1, 0.15) is 35.6 Å². The zero-order valence-corrected chi connectivity index (χ0v) is 12.8. The first kappa shape index (κ1) is 16.7. The third-order valence-electron chi connectivity index (χ3n) is 2.69. The second-order valence-electron chi connectivity index (χ2n) is 4.50. The normalized spacial score (nSPS) is 13.2. The van der Waals surface area contributed by atoms with Crippen molar-refractivity contribution in [3.05, 3.63) is 17.0 Å². The van der Waals surface area contributed by atoms with Crippen molar-refractivity contribution in [2.75, 3.05) is 13.2 Å². The molecular weight excluding hydrogens is 284 g/mol. The molecule has 0 bridgehead atoms. The lowest BCUT2D eigenvalue weighted by Crippen LogP contribution is -2.31. The molecule has 0 spiro atoms. The first-order valence-electron chi connectivity index (χ1n) is 6.24. The standard InChI is InChI=1S/C12H20N2O5S/c1-5-19-12(16)10-8(3)11(9(4)14-10)20(17,18)13-6-7(2)15/h7,13-15H,5-6H2,1-4H3/t7-/m0/s1. The van der Waals surface area contributed by atoms with Crippen LogP contribution in [0.5, 0.6) is 0 Å². The predicted octanol–water partition coefficient (Wildman–Crippen LogP) is 0.467. The highest BCUT2D eigenvalue weighted by atomic mass is 32.2. The van der Waals surface area contributed by atoms with E-state index in [1.165, 1.54) is 13.8 Å². The van der Waals surface area contributed by atoms with Crippen molar-refractivity contribution in [1.29, 1.82) is 0 Å². The number of aliphatic hydroxyl groups is 1. The van der Waals surface area contributed by atoms with Gasteiger partial charge in [0.05, 0.1) is 12.7 Å². The molecule has 0 aromatic carbocycles. The Morgan fingerprint density at radius 1 is 1.45 bits per heavy atom. The molecule has 1 atom stereocenters. The second-order valence-corrected chi connectivity index (χ2v) is 6.20. The summed E-state index contributed by atoms with van der Waals surface area (Å²) in [5, 5.41) is 9.16. The number of esters is 1. The average molecular weight is 304 g/mol. The number of sulfonamides is 1. The van der Waals surface area contributed by atoms with E-state index in [9.17, 15) is 13.2 Å². The van der Waals surface area contributed by atoms with E-state index in [4.69, 9.17) is 9.84 Å². The highest BCUT2D eigenvalue weighted by Crippen LogP contribution is 2.23. The van der Waals surface area contributed by atoms with E-state index >= 15 is 0 Å². The zero-order valence-electron chi connectivity index (χ0n) is 12.0. The molecular formula is C12H20N2O5S. The molecule has 0 saturated carbocycles. The molecule has 1 aromatic heterocycles. The van der Waals surface area contributed by atoms with Gasteiger partial charge in [0.2, 0.25) is 10.0 Å². The van der Waals surface area contributed by atoms with Crippen LogP contribution in [-0.2, 0) is 14.8 Å². The van der Waals surface area contributed by atoms with Crippen LogP contribution in [0.2, 0.25) is 0 Å². The monoisotopic (exact) mass is 304 g/mol. The van der Waals surface area contributed by atoms with Crippen molar-refractivity contribution >= 4 is 16.0 Å². The second kappa shape index (κ2) is 6.38. The number of rotatable bonds is 6. The topological polar surface area (TPSA) is 108 Å². The number of carbonyl (C=O) groups is 1. The number of carbonyl (C=O) groups excluding carboxylic acids is 1. The van der Waals surface area contributed by atoms with Crippen molar-refractivity contribution in [3.63, 3.8) is 0 Å². The molecule has 0 unspecified atom stereocenters. The molecule has 0 saturated heterocycles. The van der Waals surface area contributed by atoms with Crippen LogP contribution < -0.4 is 4.72 Å². The highest BCUT2D eigenvalue weighted by molar-refractivity contribution is 7.89. The number of H-pyrrole nitrogens is 1. The summed E-state index contributed by atoms with van der Waals surface area (Å²) in [6, 6.07) is 0. The van der Waals surface area contributed by atoms with E-state index in [1.807, 2.05) is 0 Å². The van der Waals surface area contributed by atoms with E-state index in [1.54, 1.807) is 13.8 Å². The molecule has 1 rings (SSSR count). The van der Waals surface area contributed by atoms with Crippen LogP contribution in [0, 0.1) is 13.8 Å². The largest absolute Gasteiger partial charge is 0.461 e. The molecule has 114 valence electrons. The summed E-state index contributed by atoms with van der Waals surface area (Å²) in [5.74, 6) is -0.593. The Morgan fingerprint density at radius 2 is 2.05 bits per heavy atom. The lowest BCUT2D eigenvalue weighted by Gasteiger charge is -2.09. The lowest BCUT2D eigenvalue weighted by atomic mass is 10.2. The maximum Gasteiger partial charge on any atom is 0.355 e. The summed E-state index contributed by atoms with van der Waals surface area (Å²) >= 11 is 0. The summed E-state index contributed by atoms with van der Waals surface area (Å²) < 4.78 is 31.5. The minimum atomic E-state index is -3.79. The van der Waals surface area contributed by atoms with Gasteiger partial charge in [-0.05, 0) is 27.7 Å². The van der Waals surface area contributed by atoms with Gasteiger partial charge < -0.3 is 14.8 Å². The van der Waals surface area contributed by atoms with Crippen LogP contribution in [0.3, 0.4) is 0 Å². The minimum absolute atomic E-state index is 0.0150. The van der Waals surface area contributed by atoms with Crippen molar-refractivity contribution in [1.82, 2.24) is 9.71 Å². The Kier molecular flexibility index (Phi) is 5.32. The molecule has 0 radical (unpaired) electrons. The molecule has 3 N–H and O–H groups in total. The molecule has 0 aliphatic carbocycles. The van der Waals surface area contributed by atoms with Gasteiger partial charge in [-0.3, -0.25) is 0 Å². The van der Waals surface area contributed by atoms with Crippen molar-refractivity contribution in [2.45, 2.75) is 38.7 Å². The zero-order chi connectivity index (χ0) is 15.5. The number of hydrogen-bond donors (Lipinski definition) is 3. The van der Waals surface area contributed by atoms with Gasteiger partial charge in [-0.15, -0.1) is 0 Å². The van der Waals surface area contributed by atoms with Gasteiger partial charge in [-0.1, -0.05) is 0 Å². The number of aliphatic hydroxyl groups excluding tert-OH is 1. The number of aromatic nitrogens is 1. The van der Waals surface area contributed by atoms with E-state index in [0.717, 1.165) is 0 Å². The van der Waals surface area contributed by atoms with Crippen LogP contribution in [0.25, 0.3) is 0 Å². The fourth-order valence-corrected chi connectivity index (χ4v) is 3.41. The Morgan fingerprint density at radius 3 is 2.55 bits per heavy atom. The van der Waals surface area contributed by atoms with E-state index < -0.39 is 22.1 Å². The highest BCUT2D eigenvalue weighted by Gasteiger charge is 2.27. The van der Waals surface area contributed by atoms with Crippen molar-refractivity contribution in [2.24, 2.45) is 0 Å². The van der Waals surface area contributed by atoms with Crippen LogP contribution in [0.4, 0.5) is 0 Å². The molecule has 7 nitrogen and oxygen atoms in total. The molecule has 0 fully saturated rings. The van der Waals surface area contributed by atoms with Crippen LogP contribution in [-0.4, -0.2) is 43.7 Å². The minimum Gasteiger partial charge on any atom is -0.461 e. The van der Waals surface area contributed by atoms with Crippen LogP contribution in [0.15, 0.2) is 4.90 Å². The van der Waals surface area contributed by atoms with E-state index in [2.05, 4.69) is 9.71 Å². The number of ether oxygens (including phenoxy) is 1. The molecule has 1 heterocycles. The van der Waals surface area contributed by atoms with Gasteiger partial charge in [0, 0.05) is 17.8 Å². The fourth-order valence-electron chi connectivity index (χ4n) is 1.85. The molecule has 0 amide bonds. The summed E-state index contributed by atoms with van der Waals surface area (Å²) in [6.07, 6.45) is -0.797. The first-order valence-corrected chi connectivity index (χ1v) is 7.73. The summed E-state index contributed by atoms with van der Waals surface area (Å²) in [5.41, 5.74) is 0.782. The Hall–Kier alpha value is -1.38. The third kappa shape index (κ3) is 3.59. The van der Waals surface area contributed by atoms with Gasteiger partial charge >= 0.3 is 5.97 Å². The van der Waals surface area contributed by atoms with Gasteiger partial charge in [-0.25, -0.2) is 17.9 Å². The number of hydrogen-bond acceptors (Lipinski definition) is 5. The third-order valence-corrected chi connectivity index (χ3v) is 4.38.